The molecule has 0 bridgehead atoms. The summed E-state index contributed by atoms with van der Waals surface area (Å²) >= 11 is 0. The van der Waals surface area contributed by atoms with Gasteiger partial charge < -0.3 is 10.6 Å². The van der Waals surface area contributed by atoms with E-state index in [2.05, 4.69) is 13.8 Å². The van der Waals surface area contributed by atoms with Crippen LogP contribution in [0.1, 0.15) is 46.5 Å². The third-order valence-corrected chi connectivity index (χ3v) is 3.36. The normalized spacial score (nSPS) is 24.3. The zero-order valence-corrected chi connectivity index (χ0v) is 10.2. The fourth-order valence-corrected chi connectivity index (χ4v) is 2.31. The van der Waals surface area contributed by atoms with Crippen LogP contribution in [0.25, 0.3) is 0 Å². The quantitative estimate of drug-likeness (QED) is 0.775. The highest BCUT2D eigenvalue weighted by Gasteiger charge is 2.30. The molecule has 1 heterocycles. The van der Waals surface area contributed by atoms with Gasteiger partial charge >= 0.3 is 0 Å². The van der Waals surface area contributed by atoms with Gasteiger partial charge in [0.25, 0.3) is 0 Å². The van der Waals surface area contributed by atoms with Crippen molar-refractivity contribution in [3.8, 4) is 0 Å². The van der Waals surface area contributed by atoms with E-state index in [1.807, 2.05) is 11.8 Å². The van der Waals surface area contributed by atoms with Crippen LogP contribution >= 0.6 is 0 Å². The smallest absolute Gasteiger partial charge is 0.239 e. The lowest BCUT2D eigenvalue weighted by atomic mass is 9.92. The Balaban J connectivity index is 2.67. The summed E-state index contributed by atoms with van der Waals surface area (Å²) in [7, 11) is 0. The Morgan fingerprint density at radius 1 is 1.47 bits per heavy atom. The lowest BCUT2D eigenvalue weighted by Gasteiger charge is -2.39. The van der Waals surface area contributed by atoms with E-state index in [-0.39, 0.29) is 11.9 Å². The van der Waals surface area contributed by atoms with Crippen LogP contribution in [0.5, 0.6) is 0 Å². The van der Waals surface area contributed by atoms with Crippen LogP contribution in [0.15, 0.2) is 0 Å². The molecule has 0 spiro atoms. The molecule has 0 saturated carbocycles. The highest BCUT2D eigenvalue weighted by atomic mass is 16.2. The fourth-order valence-electron chi connectivity index (χ4n) is 2.31. The molecule has 0 aromatic rings. The summed E-state index contributed by atoms with van der Waals surface area (Å²) in [5, 5.41) is 0. The Morgan fingerprint density at radius 3 is 2.67 bits per heavy atom. The minimum absolute atomic E-state index is 0.149. The van der Waals surface area contributed by atoms with E-state index in [1.54, 1.807) is 0 Å². The molecule has 1 saturated heterocycles. The molecule has 0 aromatic heterocycles. The van der Waals surface area contributed by atoms with Crippen LogP contribution in [-0.2, 0) is 4.79 Å². The summed E-state index contributed by atoms with van der Waals surface area (Å²) in [4.78, 5) is 14.1. The van der Waals surface area contributed by atoms with Crippen molar-refractivity contribution in [1.29, 1.82) is 0 Å². The minimum atomic E-state index is -0.302. The number of hydrogen-bond acceptors (Lipinski definition) is 2. The Hall–Kier alpha value is -0.570. The first-order chi connectivity index (χ1) is 7.07. The Labute approximate surface area is 93.0 Å². The van der Waals surface area contributed by atoms with Gasteiger partial charge in [-0.1, -0.05) is 20.8 Å². The zero-order chi connectivity index (χ0) is 11.4. The second-order valence-electron chi connectivity index (χ2n) is 4.85. The van der Waals surface area contributed by atoms with Gasteiger partial charge in [-0.25, -0.2) is 0 Å². The van der Waals surface area contributed by atoms with Crippen LogP contribution in [0.3, 0.4) is 0 Å². The molecule has 3 nitrogen and oxygen atoms in total. The summed E-state index contributed by atoms with van der Waals surface area (Å²) < 4.78 is 0. The van der Waals surface area contributed by atoms with Crippen molar-refractivity contribution in [2.45, 2.75) is 58.5 Å². The topological polar surface area (TPSA) is 46.3 Å². The van der Waals surface area contributed by atoms with Crippen LogP contribution in [-0.4, -0.2) is 29.4 Å². The summed E-state index contributed by atoms with van der Waals surface area (Å²) in [5.74, 6) is 0.689. The van der Waals surface area contributed by atoms with Gasteiger partial charge in [0.1, 0.15) is 0 Å². The number of hydrogen-bond donors (Lipinski definition) is 1. The molecule has 1 aliphatic rings. The molecule has 1 fully saturated rings. The van der Waals surface area contributed by atoms with Crippen molar-refractivity contribution in [3.63, 3.8) is 0 Å². The molecule has 1 amide bonds. The first kappa shape index (κ1) is 12.5. The van der Waals surface area contributed by atoms with Crippen molar-refractivity contribution in [2.75, 3.05) is 6.54 Å². The average molecular weight is 212 g/mol. The molecule has 1 rings (SSSR count). The standard InChI is InChI=1S/C12H24N2O/c1-4-10(13)12(15)14-8-6-5-7-11(14)9(2)3/h9-11H,4-8,13H2,1-3H3/t10-,11?/m0/s1. The van der Waals surface area contributed by atoms with Crippen molar-refractivity contribution >= 4 is 5.91 Å². The molecule has 2 N–H and O–H groups in total. The molecule has 0 aliphatic carbocycles. The Morgan fingerprint density at radius 2 is 2.13 bits per heavy atom. The summed E-state index contributed by atoms with van der Waals surface area (Å²) in [6.45, 7) is 7.24. The Kier molecular flexibility index (Phi) is 4.58. The van der Waals surface area contributed by atoms with Crippen molar-refractivity contribution < 1.29 is 4.79 Å². The maximum Gasteiger partial charge on any atom is 0.239 e. The van der Waals surface area contributed by atoms with Crippen LogP contribution in [0, 0.1) is 5.92 Å². The van der Waals surface area contributed by atoms with Crippen molar-refractivity contribution in [3.05, 3.63) is 0 Å². The molecule has 0 aromatic carbocycles. The number of nitrogens with two attached hydrogens (primary N) is 1. The van der Waals surface area contributed by atoms with E-state index in [1.165, 1.54) is 6.42 Å². The van der Waals surface area contributed by atoms with Gasteiger partial charge in [-0.05, 0) is 31.6 Å². The monoisotopic (exact) mass is 212 g/mol. The summed E-state index contributed by atoms with van der Waals surface area (Å²) in [5.41, 5.74) is 5.82. The molecule has 3 heteroatoms. The second kappa shape index (κ2) is 5.50. The summed E-state index contributed by atoms with van der Waals surface area (Å²) in [6.07, 6.45) is 4.25. The van der Waals surface area contributed by atoms with Crippen molar-refractivity contribution in [1.82, 2.24) is 4.90 Å². The van der Waals surface area contributed by atoms with E-state index in [0.29, 0.717) is 12.0 Å². The molecule has 15 heavy (non-hydrogen) atoms. The first-order valence-corrected chi connectivity index (χ1v) is 6.14. The fraction of sp³-hybridized carbons (Fsp3) is 0.917. The van der Waals surface area contributed by atoms with Gasteiger partial charge in [-0.3, -0.25) is 4.79 Å². The highest BCUT2D eigenvalue weighted by Crippen LogP contribution is 2.23. The predicted octanol–water partition coefficient (Wildman–Crippen LogP) is 1.76. The molecule has 0 radical (unpaired) electrons. The third-order valence-electron chi connectivity index (χ3n) is 3.36. The van der Waals surface area contributed by atoms with Crippen LogP contribution in [0.4, 0.5) is 0 Å². The van der Waals surface area contributed by atoms with E-state index >= 15 is 0 Å². The Bertz CT molecular complexity index is 216. The van der Waals surface area contributed by atoms with E-state index < -0.39 is 0 Å². The van der Waals surface area contributed by atoms with Gasteiger partial charge in [0.15, 0.2) is 0 Å². The van der Waals surface area contributed by atoms with E-state index in [9.17, 15) is 4.79 Å². The molecule has 1 aliphatic heterocycles. The van der Waals surface area contributed by atoms with Crippen molar-refractivity contribution in [2.24, 2.45) is 11.7 Å². The number of amides is 1. The second-order valence-corrected chi connectivity index (χ2v) is 4.85. The van der Waals surface area contributed by atoms with Crippen LogP contribution in [0.2, 0.25) is 0 Å². The largest absolute Gasteiger partial charge is 0.338 e. The number of nitrogens with zero attached hydrogens (tertiary/aromatic N) is 1. The lowest BCUT2D eigenvalue weighted by molar-refractivity contribution is -0.137. The first-order valence-electron chi connectivity index (χ1n) is 6.14. The number of carbonyl (C=O) groups is 1. The highest BCUT2D eigenvalue weighted by molar-refractivity contribution is 5.82. The van der Waals surface area contributed by atoms with E-state index in [4.69, 9.17) is 5.73 Å². The molecular formula is C12H24N2O. The molecule has 88 valence electrons. The number of rotatable bonds is 3. The third kappa shape index (κ3) is 2.94. The van der Waals surface area contributed by atoms with Gasteiger partial charge in [-0.15, -0.1) is 0 Å². The molecule has 2 atom stereocenters. The molecule has 1 unspecified atom stereocenters. The molecular weight excluding hydrogens is 188 g/mol. The predicted molar refractivity (Wildman–Crippen MR) is 62.5 cm³/mol. The SMILES string of the molecule is CC[C@H](N)C(=O)N1CCCCC1C(C)C. The van der Waals surface area contributed by atoms with E-state index in [0.717, 1.165) is 25.8 Å². The number of carbonyl (C=O) groups excluding carboxylic acids is 1. The number of piperidine rings is 1. The lowest BCUT2D eigenvalue weighted by Crippen LogP contribution is -2.52. The maximum absolute atomic E-state index is 12.0. The average Bonchev–Trinajstić information content (AvgIpc) is 2.27. The zero-order valence-electron chi connectivity index (χ0n) is 10.2. The van der Waals surface area contributed by atoms with Gasteiger partial charge in [-0.2, -0.15) is 0 Å². The summed E-state index contributed by atoms with van der Waals surface area (Å²) in [6, 6.07) is 0.105. The van der Waals surface area contributed by atoms with Gasteiger partial charge in [0.05, 0.1) is 6.04 Å². The van der Waals surface area contributed by atoms with Gasteiger partial charge in [0.2, 0.25) is 5.91 Å². The van der Waals surface area contributed by atoms with Crippen LogP contribution < -0.4 is 5.73 Å². The maximum atomic E-state index is 12.0. The van der Waals surface area contributed by atoms with Gasteiger partial charge in [0, 0.05) is 12.6 Å². The minimum Gasteiger partial charge on any atom is -0.338 e. The number of likely N-dealkylation sites (tertiary alicyclic amines) is 1.